The number of nitrogens with zero attached hydrogens (tertiary/aromatic N) is 1. The van der Waals surface area contributed by atoms with Gasteiger partial charge in [-0.15, -0.1) is 0 Å². The van der Waals surface area contributed by atoms with Crippen LogP contribution in [-0.4, -0.2) is 20.3 Å². The van der Waals surface area contributed by atoms with E-state index in [-0.39, 0.29) is 5.92 Å². The Morgan fingerprint density at radius 1 is 1.44 bits per heavy atom. The van der Waals surface area contributed by atoms with Crippen molar-refractivity contribution >= 4 is 0 Å². The smallest absolute Gasteiger partial charge is 0.122 e. The highest BCUT2D eigenvalue weighted by molar-refractivity contribution is 5.37. The molecule has 0 bridgehead atoms. The molecular weight excluding hydrogens is 202 g/mol. The molecule has 1 saturated heterocycles. The third-order valence-electron chi connectivity index (χ3n) is 3.09. The first-order valence-electron chi connectivity index (χ1n) is 5.44. The van der Waals surface area contributed by atoms with Crippen molar-refractivity contribution in [2.75, 3.05) is 20.3 Å². The topological polar surface area (TPSA) is 42.2 Å². The number of rotatable bonds is 3. The van der Waals surface area contributed by atoms with Gasteiger partial charge in [-0.2, -0.15) is 5.26 Å². The third kappa shape index (κ3) is 2.02. The average molecular weight is 217 g/mol. The number of methoxy groups -OCH3 is 1. The number of benzene rings is 1. The lowest BCUT2D eigenvalue weighted by molar-refractivity contribution is 0.184. The molecule has 1 aromatic carbocycles. The molecule has 2 atom stereocenters. The van der Waals surface area contributed by atoms with E-state index >= 15 is 0 Å². The van der Waals surface area contributed by atoms with Gasteiger partial charge in [-0.25, -0.2) is 0 Å². The molecule has 2 rings (SSSR count). The van der Waals surface area contributed by atoms with Gasteiger partial charge in [0, 0.05) is 18.3 Å². The molecule has 3 nitrogen and oxygen atoms in total. The lowest BCUT2D eigenvalue weighted by atomic mass is 9.86. The molecule has 0 aromatic heterocycles. The molecule has 1 aliphatic rings. The fourth-order valence-electron chi connectivity index (χ4n) is 2.23. The Morgan fingerprint density at radius 2 is 2.25 bits per heavy atom. The number of hydrogen-bond acceptors (Lipinski definition) is 3. The van der Waals surface area contributed by atoms with Gasteiger partial charge in [0.1, 0.15) is 5.75 Å². The van der Waals surface area contributed by atoms with Crippen molar-refractivity contribution in [2.45, 2.75) is 12.3 Å². The van der Waals surface area contributed by atoms with E-state index in [2.05, 4.69) is 12.1 Å². The first kappa shape index (κ1) is 11.0. The molecule has 1 aliphatic heterocycles. The maximum atomic E-state index is 8.78. The molecule has 84 valence electrons. The van der Waals surface area contributed by atoms with Crippen LogP contribution in [0, 0.1) is 17.2 Å². The highest BCUT2D eigenvalue weighted by Gasteiger charge is 2.31. The predicted molar refractivity (Wildman–Crippen MR) is 60.3 cm³/mol. The van der Waals surface area contributed by atoms with E-state index in [1.165, 1.54) is 0 Å². The summed E-state index contributed by atoms with van der Waals surface area (Å²) in [5, 5.41) is 8.78. The van der Waals surface area contributed by atoms with Gasteiger partial charge < -0.3 is 9.47 Å². The Balaban J connectivity index is 2.26. The van der Waals surface area contributed by atoms with E-state index in [1.807, 2.05) is 18.2 Å². The monoisotopic (exact) mass is 217 g/mol. The van der Waals surface area contributed by atoms with Crippen molar-refractivity contribution in [3.63, 3.8) is 0 Å². The summed E-state index contributed by atoms with van der Waals surface area (Å²) in [6.07, 6.45) is 0.544. The summed E-state index contributed by atoms with van der Waals surface area (Å²) in [5.41, 5.74) is 1.16. The minimum atomic E-state index is 0.288. The third-order valence-corrected chi connectivity index (χ3v) is 3.09. The second kappa shape index (κ2) is 5.00. The molecule has 0 N–H and O–H groups in total. The highest BCUT2D eigenvalue weighted by atomic mass is 16.5. The van der Waals surface area contributed by atoms with Gasteiger partial charge in [0.15, 0.2) is 0 Å². The van der Waals surface area contributed by atoms with E-state index in [1.54, 1.807) is 7.11 Å². The van der Waals surface area contributed by atoms with E-state index in [4.69, 9.17) is 14.7 Å². The summed E-state index contributed by atoms with van der Waals surface area (Å²) in [4.78, 5) is 0. The van der Waals surface area contributed by atoms with Crippen LogP contribution < -0.4 is 4.74 Å². The SMILES string of the molecule is COc1ccccc1[C@@H]1COC[C@H]1CC#N. The van der Waals surface area contributed by atoms with Gasteiger partial charge in [0.25, 0.3) is 0 Å². The van der Waals surface area contributed by atoms with Crippen LogP contribution in [0.15, 0.2) is 24.3 Å². The molecular formula is C13H15NO2. The second-order valence-electron chi connectivity index (χ2n) is 4.01. The Morgan fingerprint density at radius 3 is 3.00 bits per heavy atom. The van der Waals surface area contributed by atoms with Crippen molar-refractivity contribution in [3.05, 3.63) is 29.8 Å². The summed E-state index contributed by atoms with van der Waals surface area (Å²) in [6.45, 7) is 1.36. The zero-order valence-electron chi connectivity index (χ0n) is 9.35. The van der Waals surface area contributed by atoms with Gasteiger partial charge in [0.2, 0.25) is 0 Å². The summed E-state index contributed by atoms with van der Waals surface area (Å²) >= 11 is 0. The van der Waals surface area contributed by atoms with Gasteiger partial charge in [-0.1, -0.05) is 18.2 Å². The molecule has 1 aromatic rings. The van der Waals surface area contributed by atoms with Crippen LogP contribution in [-0.2, 0) is 4.74 Å². The Bertz CT molecular complexity index is 397. The largest absolute Gasteiger partial charge is 0.496 e. The predicted octanol–water partition coefficient (Wildman–Crippen LogP) is 2.34. The first-order chi connectivity index (χ1) is 7.86. The summed E-state index contributed by atoms with van der Waals surface area (Å²) < 4.78 is 10.8. The van der Waals surface area contributed by atoms with Crippen LogP contribution in [0.2, 0.25) is 0 Å². The van der Waals surface area contributed by atoms with Crippen molar-refractivity contribution in [1.82, 2.24) is 0 Å². The quantitative estimate of drug-likeness (QED) is 0.780. The van der Waals surface area contributed by atoms with Crippen LogP contribution in [0.3, 0.4) is 0 Å². The van der Waals surface area contributed by atoms with Gasteiger partial charge >= 0.3 is 0 Å². The molecule has 0 radical (unpaired) electrons. The van der Waals surface area contributed by atoms with Crippen molar-refractivity contribution < 1.29 is 9.47 Å². The Hall–Kier alpha value is -1.53. The lowest BCUT2D eigenvalue weighted by Gasteiger charge is -2.17. The van der Waals surface area contributed by atoms with Gasteiger partial charge in [0.05, 0.1) is 26.4 Å². The molecule has 0 amide bonds. The molecule has 0 saturated carbocycles. The lowest BCUT2D eigenvalue weighted by Crippen LogP contribution is -2.11. The van der Waals surface area contributed by atoms with Crippen molar-refractivity contribution in [1.29, 1.82) is 5.26 Å². The Kier molecular flexibility index (Phi) is 3.43. The number of para-hydroxylation sites is 1. The van der Waals surface area contributed by atoms with Crippen LogP contribution >= 0.6 is 0 Å². The van der Waals surface area contributed by atoms with E-state index < -0.39 is 0 Å². The fourth-order valence-corrected chi connectivity index (χ4v) is 2.23. The standard InChI is InChI=1S/C13H15NO2/c1-15-13-5-3-2-4-11(13)12-9-16-8-10(12)6-7-14/h2-5,10,12H,6,8-9H2,1H3/t10-,12-/m1/s1. The minimum absolute atomic E-state index is 0.288. The molecule has 0 unspecified atom stereocenters. The summed E-state index contributed by atoms with van der Waals surface area (Å²) in [5.74, 6) is 1.47. The number of hydrogen-bond donors (Lipinski definition) is 0. The highest BCUT2D eigenvalue weighted by Crippen LogP contribution is 2.37. The van der Waals surface area contributed by atoms with E-state index in [0.717, 1.165) is 11.3 Å². The molecule has 0 aliphatic carbocycles. The normalized spacial score (nSPS) is 24.0. The summed E-state index contributed by atoms with van der Waals surface area (Å²) in [6, 6.07) is 10.2. The first-order valence-corrected chi connectivity index (χ1v) is 5.44. The molecule has 1 fully saturated rings. The summed E-state index contributed by atoms with van der Waals surface area (Å²) in [7, 11) is 1.67. The Labute approximate surface area is 95.6 Å². The minimum Gasteiger partial charge on any atom is -0.496 e. The molecule has 16 heavy (non-hydrogen) atoms. The van der Waals surface area contributed by atoms with E-state index in [9.17, 15) is 0 Å². The maximum Gasteiger partial charge on any atom is 0.122 e. The second-order valence-corrected chi connectivity index (χ2v) is 4.01. The molecule has 0 spiro atoms. The molecule has 3 heteroatoms. The number of ether oxygens (including phenoxy) is 2. The van der Waals surface area contributed by atoms with Crippen molar-refractivity contribution in [2.24, 2.45) is 5.92 Å². The van der Waals surface area contributed by atoms with Crippen LogP contribution in [0.4, 0.5) is 0 Å². The number of nitriles is 1. The molecule has 1 heterocycles. The zero-order valence-corrected chi connectivity index (χ0v) is 9.35. The van der Waals surface area contributed by atoms with Gasteiger partial charge in [-0.05, 0) is 11.6 Å². The average Bonchev–Trinajstić information content (AvgIpc) is 2.77. The van der Waals surface area contributed by atoms with Crippen molar-refractivity contribution in [3.8, 4) is 11.8 Å². The zero-order chi connectivity index (χ0) is 11.4. The van der Waals surface area contributed by atoms with Crippen LogP contribution in [0.1, 0.15) is 17.9 Å². The van der Waals surface area contributed by atoms with Crippen LogP contribution in [0.5, 0.6) is 5.75 Å². The van der Waals surface area contributed by atoms with Crippen LogP contribution in [0.25, 0.3) is 0 Å². The fraction of sp³-hybridized carbons (Fsp3) is 0.462. The van der Waals surface area contributed by atoms with Gasteiger partial charge in [-0.3, -0.25) is 0 Å². The van der Waals surface area contributed by atoms with E-state index in [0.29, 0.717) is 25.6 Å². The maximum absolute atomic E-state index is 8.78.